The van der Waals surface area contributed by atoms with Crippen molar-refractivity contribution < 1.29 is 23.4 Å². The largest absolute Gasteiger partial charge is 0.490 e. The molecule has 0 bridgehead atoms. The second-order valence-electron chi connectivity index (χ2n) is 7.22. The summed E-state index contributed by atoms with van der Waals surface area (Å²) < 4.78 is 30.1. The number of nitrogens with one attached hydrogen (secondary N) is 2. The van der Waals surface area contributed by atoms with E-state index >= 15 is 0 Å². The summed E-state index contributed by atoms with van der Waals surface area (Å²) in [5.41, 5.74) is 1.37. The summed E-state index contributed by atoms with van der Waals surface area (Å²) in [7, 11) is 1.35. The second kappa shape index (κ2) is 11.2. The fraction of sp³-hybridized carbons (Fsp3) is 0.391. The Morgan fingerprint density at radius 3 is 2.74 bits per heavy atom. The van der Waals surface area contributed by atoms with Gasteiger partial charge in [-0.3, -0.25) is 9.79 Å². The van der Waals surface area contributed by atoms with Crippen molar-refractivity contribution in [1.82, 2.24) is 5.32 Å². The molecule has 1 aliphatic rings. The fourth-order valence-electron chi connectivity index (χ4n) is 3.04. The number of carbonyl (C=O) groups is 1. The summed E-state index contributed by atoms with van der Waals surface area (Å²) in [5, 5.41) is 6.42. The number of guanidine groups is 1. The molecule has 0 amide bonds. The average molecular weight is 429 g/mol. The number of hydrogen-bond acceptors (Lipinski definition) is 5. The molecule has 166 valence electrons. The van der Waals surface area contributed by atoms with E-state index in [2.05, 4.69) is 15.6 Å². The van der Waals surface area contributed by atoms with Gasteiger partial charge in [0.05, 0.1) is 32.8 Å². The van der Waals surface area contributed by atoms with Crippen LogP contribution in [0.3, 0.4) is 0 Å². The molecule has 7 nitrogen and oxygen atoms in total. The van der Waals surface area contributed by atoms with Crippen LogP contribution in [0.4, 0.5) is 10.1 Å². The molecule has 31 heavy (non-hydrogen) atoms. The van der Waals surface area contributed by atoms with E-state index in [1.165, 1.54) is 13.2 Å². The fourth-order valence-corrected chi connectivity index (χ4v) is 3.04. The maximum atomic E-state index is 13.9. The molecule has 0 fully saturated rings. The highest BCUT2D eigenvalue weighted by Gasteiger charge is 2.14. The number of carbonyl (C=O) groups excluding carboxylic acids is 1. The molecule has 0 saturated heterocycles. The molecule has 3 rings (SSSR count). The Bertz CT molecular complexity index is 919. The van der Waals surface area contributed by atoms with Crippen LogP contribution in [0.1, 0.15) is 18.9 Å². The van der Waals surface area contributed by atoms with E-state index in [0.717, 1.165) is 12.1 Å². The lowest BCUT2D eigenvalue weighted by Crippen LogP contribution is -2.33. The first-order chi connectivity index (χ1) is 15.1. The van der Waals surface area contributed by atoms with Crippen LogP contribution in [-0.2, 0) is 16.0 Å². The monoisotopic (exact) mass is 429 g/mol. The number of fused-ring (bicyclic) bond motifs is 1. The smallest absolute Gasteiger partial charge is 0.310 e. The molecular weight excluding hydrogens is 401 g/mol. The normalized spacial score (nSPS) is 14.4. The van der Waals surface area contributed by atoms with Gasteiger partial charge in [0.2, 0.25) is 0 Å². The highest BCUT2D eigenvalue weighted by atomic mass is 19.1. The van der Waals surface area contributed by atoms with Crippen molar-refractivity contribution in [1.29, 1.82) is 0 Å². The minimum atomic E-state index is -0.390. The van der Waals surface area contributed by atoms with E-state index < -0.39 is 0 Å². The summed E-state index contributed by atoms with van der Waals surface area (Å²) in [6.45, 7) is 3.67. The first-order valence-corrected chi connectivity index (χ1v) is 10.3. The number of anilines is 1. The van der Waals surface area contributed by atoms with Gasteiger partial charge in [-0.1, -0.05) is 25.1 Å². The van der Waals surface area contributed by atoms with E-state index in [1.54, 1.807) is 19.1 Å². The lowest BCUT2D eigenvalue weighted by atomic mass is 10.1. The van der Waals surface area contributed by atoms with Crippen molar-refractivity contribution >= 4 is 17.6 Å². The first kappa shape index (κ1) is 22.4. The standard InChI is InChI=1S/C23H28FN3O4/c1-16(22(28)29-2)15-26-23(25-11-10-17-6-3-4-7-19(17)24)27-18-8-9-20-21(14-18)31-13-5-12-30-20/h3-4,6-9,14,16H,5,10-13,15H2,1-2H3,(H2,25,26,27). The predicted octanol–water partition coefficient (Wildman–Crippen LogP) is 3.40. The van der Waals surface area contributed by atoms with Gasteiger partial charge in [0.25, 0.3) is 0 Å². The number of ether oxygens (including phenoxy) is 3. The molecule has 0 aromatic heterocycles. The van der Waals surface area contributed by atoms with Gasteiger partial charge in [-0.25, -0.2) is 4.39 Å². The van der Waals surface area contributed by atoms with Crippen LogP contribution in [0.5, 0.6) is 11.5 Å². The Morgan fingerprint density at radius 2 is 1.97 bits per heavy atom. The van der Waals surface area contributed by atoms with Crippen molar-refractivity contribution in [3.63, 3.8) is 0 Å². The molecule has 8 heteroatoms. The number of rotatable bonds is 7. The maximum absolute atomic E-state index is 13.9. The van der Waals surface area contributed by atoms with E-state index in [4.69, 9.17) is 14.2 Å². The molecule has 0 radical (unpaired) electrons. The molecule has 2 aromatic carbocycles. The molecular formula is C23H28FN3O4. The van der Waals surface area contributed by atoms with Crippen LogP contribution in [0.2, 0.25) is 0 Å². The van der Waals surface area contributed by atoms with Crippen LogP contribution < -0.4 is 20.1 Å². The zero-order valence-electron chi connectivity index (χ0n) is 17.8. The second-order valence-corrected chi connectivity index (χ2v) is 7.22. The number of benzene rings is 2. The van der Waals surface area contributed by atoms with Crippen molar-refractivity contribution in [3.05, 3.63) is 53.8 Å². The number of hydrogen-bond donors (Lipinski definition) is 2. The summed E-state index contributed by atoms with van der Waals surface area (Å²) in [6.07, 6.45) is 1.31. The van der Waals surface area contributed by atoms with Gasteiger partial charge >= 0.3 is 5.97 Å². The topological polar surface area (TPSA) is 81.2 Å². The van der Waals surface area contributed by atoms with Crippen LogP contribution in [-0.4, -0.2) is 45.3 Å². The molecule has 0 spiro atoms. The number of esters is 1. The molecule has 2 aromatic rings. The maximum Gasteiger partial charge on any atom is 0.310 e. The third-order valence-electron chi connectivity index (χ3n) is 4.78. The third kappa shape index (κ3) is 6.60. The zero-order valence-corrected chi connectivity index (χ0v) is 17.8. The predicted molar refractivity (Wildman–Crippen MR) is 117 cm³/mol. The molecule has 1 aliphatic heterocycles. The summed E-state index contributed by atoms with van der Waals surface area (Å²) in [4.78, 5) is 16.2. The summed E-state index contributed by atoms with van der Waals surface area (Å²) >= 11 is 0. The Labute approximate surface area is 181 Å². The number of aliphatic imine (C=N–C) groups is 1. The Hall–Kier alpha value is -3.29. The van der Waals surface area contributed by atoms with E-state index in [9.17, 15) is 9.18 Å². The van der Waals surface area contributed by atoms with Crippen molar-refractivity contribution in [2.24, 2.45) is 10.9 Å². The highest BCUT2D eigenvalue weighted by molar-refractivity contribution is 5.94. The van der Waals surface area contributed by atoms with Crippen LogP contribution in [0.25, 0.3) is 0 Å². The molecule has 1 unspecified atom stereocenters. The lowest BCUT2D eigenvalue weighted by Gasteiger charge is -2.15. The van der Waals surface area contributed by atoms with Crippen LogP contribution >= 0.6 is 0 Å². The van der Waals surface area contributed by atoms with E-state index in [1.807, 2.05) is 24.3 Å². The molecule has 0 aliphatic carbocycles. The van der Waals surface area contributed by atoms with Gasteiger partial charge in [-0.2, -0.15) is 0 Å². The minimum absolute atomic E-state index is 0.238. The van der Waals surface area contributed by atoms with E-state index in [-0.39, 0.29) is 24.2 Å². The van der Waals surface area contributed by atoms with Crippen molar-refractivity contribution in [2.75, 3.05) is 38.7 Å². The molecule has 1 heterocycles. The van der Waals surface area contributed by atoms with Gasteiger partial charge < -0.3 is 24.8 Å². The molecule has 0 saturated carbocycles. The zero-order chi connectivity index (χ0) is 22.1. The SMILES string of the molecule is COC(=O)C(C)CN=C(NCCc1ccccc1F)Nc1ccc2c(c1)OCCCO2. The van der Waals surface area contributed by atoms with Gasteiger partial charge in [-0.05, 0) is 30.2 Å². The van der Waals surface area contributed by atoms with Crippen LogP contribution in [0, 0.1) is 11.7 Å². The Balaban J connectivity index is 1.69. The quantitative estimate of drug-likeness (QED) is 0.399. The van der Waals surface area contributed by atoms with Gasteiger partial charge in [0, 0.05) is 24.7 Å². The summed E-state index contributed by atoms with van der Waals surface area (Å²) in [6, 6.07) is 12.2. The minimum Gasteiger partial charge on any atom is -0.490 e. The summed E-state index contributed by atoms with van der Waals surface area (Å²) in [5.74, 6) is 0.882. The molecule has 2 N–H and O–H groups in total. The van der Waals surface area contributed by atoms with Crippen molar-refractivity contribution in [2.45, 2.75) is 19.8 Å². The van der Waals surface area contributed by atoms with Crippen molar-refractivity contribution in [3.8, 4) is 11.5 Å². The Morgan fingerprint density at radius 1 is 1.19 bits per heavy atom. The van der Waals surface area contributed by atoms with Gasteiger partial charge in [-0.15, -0.1) is 0 Å². The first-order valence-electron chi connectivity index (χ1n) is 10.3. The third-order valence-corrected chi connectivity index (χ3v) is 4.78. The number of nitrogens with zero attached hydrogens (tertiary/aromatic N) is 1. The lowest BCUT2D eigenvalue weighted by molar-refractivity contribution is -0.144. The van der Waals surface area contributed by atoms with Gasteiger partial charge in [0.15, 0.2) is 17.5 Å². The van der Waals surface area contributed by atoms with Crippen LogP contribution in [0.15, 0.2) is 47.5 Å². The average Bonchev–Trinajstić information content (AvgIpc) is 3.02. The Kier molecular flexibility index (Phi) is 8.09. The number of halogens is 1. The van der Waals surface area contributed by atoms with E-state index in [0.29, 0.717) is 49.2 Å². The number of methoxy groups -OCH3 is 1. The van der Waals surface area contributed by atoms with Gasteiger partial charge in [0.1, 0.15) is 5.82 Å². The highest BCUT2D eigenvalue weighted by Crippen LogP contribution is 2.32. The molecule has 1 atom stereocenters.